The van der Waals surface area contributed by atoms with Crippen LogP contribution in [-0.2, 0) is 9.53 Å². The average Bonchev–Trinajstić information content (AvgIpc) is 2.49. The van der Waals surface area contributed by atoms with Crippen LogP contribution in [0.1, 0.15) is 25.3 Å². The zero-order valence-electron chi connectivity index (χ0n) is 11.9. The Morgan fingerprint density at radius 3 is 2.81 bits per heavy atom. The first-order valence-corrected chi connectivity index (χ1v) is 7.87. The van der Waals surface area contributed by atoms with Crippen molar-refractivity contribution in [2.24, 2.45) is 0 Å². The van der Waals surface area contributed by atoms with Crippen molar-refractivity contribution in [2.75, 3.05) is 24.3 Å². The topological polar surface area (TPSA) is 82.3 Å². The Morgan fingerprint density at radius 2 is 2.24 bits per heavy atom. The molecule has 0 spiro atoms. The van der Waals surface area contributed by atoms with E-state index >= 15 is 0 Å². The van der Waals surface area contributed by atoms with Gasteiger partial charge in [0.25, 0.3) is 0 Å². The lowest BCUT2D eigenvalue weighted by Gasteiger charge is -2.35. The number of nitrogens with zero attached hydrogens (tertiary/aromatic N) is 1. The summed E-state index contributed by atoms with van der Waals surface area (Å²) in [6.45, 7) is 2.83. The van der Waals surface area contributed by atoms with Crippen molar-refractivity contribution in [1.29, 1.82) is 5.26 Å². The molecule has 1 aliphatic heterocycles. The van der Waals surface area contributed by atoms with Crippen molar-refractivity contribution >= 4 is 23.4 Å². The molecule has 21 heavy (non-hydrogen) atoms. The molecule has 2 N–H and O–H groups in total. The molecule has 1 saturated heterocycles. The second-order valence-corrected chi connectivity index (χ2v) is 6.15. The van der Waals surface area contributed by atoms with Crippen LogP contribution in [-0.4, -0.2) is 35.6 Å². The van der Waals surface area contributed by atoms with Crippen LogP contribution in [0.4, 0.5) is 5.69 Å². The maximum atomic E-state index is 11.7. The van der Waals surface area contributed by atoms with Crippen LogP contribution in [0.25, 0.3) is 0 Å². The van der Waals surface area contributed by atoms with Crippen LogP contribution < -0.4 is 5.32 Å². The molecule has 1 aromatic rings. The Kier molecular flexibility index (Phi) is 5.10. The highest BCUT2D eigenvalue weighted by atomic mass is 32.2. The molecule has 0 aromatic heterocycles. The molecule has 1 fully saturated rings. The molecule has 0 aliphatic carbocycles. The van der Waals surface area contributed by atoms with Gasteiger partial charge in [0.05, 0.1) is 11.3 Å². The van der Waals surface area contributed by atoms with Gasteiger partial charge in [-0.2, -0.15) is 5.26 Å². The summed E-state index contributed by atoms with van der Waals surface area (Å²) in [6.07, 6.45) is 0.775. The van der Waals surface area contributed by atoms with E-state index in [9.17, 15) is 15.2 Å². The molecule has 0 radical (unpaired) electrons. The largest absolute Gasteiger partial charge is 0.480 e. The molecule has 1 aliphatic rings. The van der Waals surface area contributed by atoms with Crippen molar-refractivity contribution in [1.82, 2.24) is 0 Å². The van der Waals surface area contributed by atoms with Crippen LogP contribution in [0.3, 0.4) is 0 Å². The van der Waals surface area contributed by atoms with E-state index < -0.39 is 11.5 Å². The number of anilines is 1. The SMILES string of the molecule is CCSc1cccc(NC2(C(=O)O)CCOCC2)c1C#N. The lowest BCUT2D eigenvalue weighted by atomic mass is 9.89. The first-order chi connectivity index (χ1) is 10.1. The number of nitriles is 1. The van der Waals surface area contributed by atoms with Crippen molar-refractivity contribution in [3.05, 3.63) is 23.8 Å². The molecule has 2 rings (SSSR count). The quantitative estimate of drug-likeness (QED) is 0.814. The fraction of sp³-hybridized carbons (Fsp3) is 0.467. The third kappa shape index (κ3) is 3.31. The fourth-order valence-electron chi connectivity index (χ4n) is 2.40. The van der Waals surface area contributed by atoms with Crippen molar-refractivity contribution in [3.63, 3.8) is 0 Å². The average molecular weight is 306 g/mol. The Balaban J connectivity index is 2.35. The van der Waals surface area contributed by atoms with Gasteiger partial charge in [-0.1, -0.05) is 13.0 Å². The van der Waals surface area contributed by atoms with Crippen LogP contribution >= 0.6 is 11.8 Å². The Morgan fingerprint density at radius 1 is 1.52 bits per heavy atom. The van der Waals surface area contributed by atoms with Gasteiger partial charge in [-0.05, 0) is 17.9 Å². The van der Waals surface area contributed by atoms with Gasteiger partial charge in [0.15, 0.2) is 0 Å². The van der Waals surface area contributed by atoms with Gasteiger partial charge in [0, 0.05) is 31.0 Å². The summed E-state index contributed by atoms with van der Waals surface area (Å²) in [4.78, 5) is 12.6. The van der Waals surface area contributed by atoms with Crippen LogP contribution in [0.15, 0.2) is 23.1 Å². The van der Waals surface area contributed by atoms with Crippen LogP contribution in [0, 0.1) is 11.3 Å². The summed E-state index contributed by atoms with van der Waals surface area (Å²) in [5.41, 5.74) is 0.0380. The normalized spacial score (nSPS) is 17.0. The number of benzene rings is 1. The monoisotopic (exact) mass is 306 g/mol. The number of aliphatic carboxylic acids is 1. The van der Waals surface area contributed by atoms with Crippen LogP contribution in [0.2, 0.25) is 0 Å². The molecule has 112 valence electrons. The maximum Gasteiger partial charge on any atom is 0.329 e. The highest BCUT2D eigenvalue weighted by molar-refractivity contribution is 7.99. The third-order valence-corrected chi connectivity index (χ3v) is 4.51. The van der Waals surface area contributed by atoms with Gasteiger partial charge in [-0.3, -0.25) is 0 Å². The molecule has 0 unspecified atom stereocenters. The Bertz CT molecular complexity index is 563. The second kappa shape index (κ2) is 6.83. The zero-order chi connectivity index (χ0) is 15.3. The lowest BCUT2D eigenvalue weighted by Crippen LogP contribution is -2.50. The number of ether oxygens (including phenoxy) is 1. The summed E-state index contributed by atoms with van der Waals surface area (Å²) in [6, 6.07) is 7.68. The number of carboxylic acids is 1. The van der Waals surface area contributed by atoms with E-state index in [1.807, 2.05) is 19.1 Å². The molecule has 6 heteroatoms. The molecular formula is C15H18N2O3S. The number of nitrogens with one attached hydrogen (secondary N) is 1. The summed E-state index contributed by atoms with van der Waals surface area (Å²) in [7, 11) is 0. The van der Waals surface area contributed by atoms with E-state index in [-0.39, 0.29) is 0 Å². The zero-order valence-corrected chi connectivity index (χ0v) is 12.7. The molecule has 0 amide bonds. The molecule has 5 nitrogen and oxygen atoms in total. The van der Waals surface area contributed by atoms with E-state index in [2.05, 4.69) is 11.4 Å². The summed E-state index contributed by atoms with van der Waals surface area (Å²) >= 11 is 1.58. The Labute approximate surface area is 128 Å². The van der Waals surface area contributed by atoms with Crippen molar-refractivity contribution < 1.29 is 14.6 Å². The number of hydrogen-bond acceptors (Lipinski definition) is 5. The highest BCUT2D eigenvalue weighted by Crippen LogP contribution is 2.32. The smallest absolute Gasteiger partial charge is 0.329 e. The molecule has 1 heterocycles. The first kappa shape index (κ1) is 15.7. The number of hydrogen-bond donors (Lipinski definition) is 2. The third-order valence-electron chi connectivity index (χ3n) is 3.57. The lowest BCUT2D eigenvalue weighted by molar-refractivity contribution is -0.145. The van der Waals surface area contributed by atoms with Gasteiger partial charge in [0.1, 0.15) is 11.6 Å². The summed E-state index contributed by atoms with van der Waals surface area (Å²) in [5, 5.41) is 22.1. The molecule has 1 aromatic carbocycles. The molecule has 0 saturated carbocycles. The van der Waals surface area contributed by atoms with Crippen molar-refractivity contribution in [3.8, 4) is 6.07 Å². The summed E-state index contributed by atoms with van der Waals surface area (Å²) in [5.74, 6) is -0.0426. The number of thioether (sulfide) groups is 1. The van der Waals surface area contributed by atoms with Gasteiger partial charge in [-0.25, -0.2) is 4.79 Å². The van der Waals surface area contributed by atoms with Crippen LogP contribution in [0.5, 0.6) is 0 Å². The first-order valence-electron chi connectivity index (χ1n) is 6.88. The molecular weight excluding hydrogens is 288 g/mol. The van der Waals surface area contributed by atoms with Gasteiger partial charge in [-0.15, -0.1) is 11.8 Å². The Hall–Kier alpha value is -1.71. The standard InChI is InChI=1S/C15H18N2O3S/c1-2-21-13-5-3-4-12(11(13)10-16)17-15(14(18)19)6-8-20-9-7-15/h3-5,17H,2,6-9H2,1H3,(H,18,19). The molecule has 0 atom stereocenters. The van der Waals surface area contributed by atoms with Gasteiger partial charge in [0.2, 0.25) is 0 Å². The van der Waals surface area contributed by atoms with E-state index in [0.29, 0.717) is 37.3 Å². The fourth-order valence-corrected chi connectivity index (χ4v) is 3.18. The molecule has 0 bridgehead atoms. The van der Waals surface area contributed by atoms with E-state index in [4.69, 9.17) is 4.74 Å². The highest BCUT2D eigenvalue weighted by Gasteiger charge is 2.40. The predicted octanol–water partition coefficient (Wildman–Crippen LogP) is 2.72. The van der Waals surface area contributed by atoms with E-state index in [0.717, 1.165) is 10.6 Å². The number of carbonyl (C=O) groups is 1. The van der Waals surface area contributed by atoms with E-state index in [1.54, 1.807) is 17.8 Å². The summed E-state index contributed by atoms with van der Waals surface area (Å²) < 4.78 is 5.26. The minimum atomic E-state index is -1.06. The van der Waals surface area contributed by atoms with E-state index in [1.165, 1.54) is 0 Å². The number of rotatable bonds is 5. The maximum absolute atomic E-state index is 11.7. The van der Waals surface area contributed by atoms with Gasteiger partial charge >= 0.3 is 5.97 Å². The second-order valence-electron chi connectivity index (χ2n) is 4.85. The predicted molar refractivity (Wildman–Crippen MR) is 81.6 cm³/mol. The van der Waals surface area contributed by atoms with Gasteiger partial charge < -0.3 is 15.2 Å². The van der Waals surface area contributed by atoms with Crippen molar-refractivity contribution in [2.45, 2.75) is 30.2 Å². The minimum Gasteiger partial charge on any atom is -0.480 e. The number of carboxylic acid groups (broad SMARTS) is 1. The minimum absolute atomic E-state index is 0.387.